The Kier molecular flexibility index (Phi) is 8.10. The van der Waals surface area contributed by atoms with Gasteiger partial charge in [-0.3, -0.25) is 9.59 Å². The summed E-state index contributed by atoms with van der Waals surface area (Å²) in [4.78, 5) is 24.6. The number of carbonyl (C=O) groups excluding carboxylic acids is 2. The zero-order valence-corrected chi connectivity index (χ0v) is 23.1. The van der Waals surface area contributed by atoms with Crippen molar-refractivity contribution in [3.05, 3.63) is 41.0 Å². The van der Waals surface area contributed by atoms with Crippen LogP contribution in [0.25, 0.3) is 0 Å². The topological polar surface area (TPSA) is 158 Å². The van der Waals surface area contributed by atoms with E-state index in [4.69, 9.17) is 47.7 Å². The van der Waals surface area contributed by atoms with Crippen LogP contribution < -0.4 is 23.7 Å². The molecule has 0 aromatic heterocycles. The third-order valence-electron chi connectivity index (χ3n) is 8.16. The molecule has 2 fully saturated rings. The van der Waals surface area contributed by atoms with Gasteiger partial charge in [-0.25, -0.2) is 0 Å². The fourth-order valence-corrected chi connectivity index (χ4v) is 6.42. The number of hydrogen-bond donors (Lipinski definition) is 2. The normalized spacial score (nSPS) is 29.3. The number of carbonyl (C=O) groups is 2. The first-order chi connectivity index (χ1) is 20.4. The number of cyclic esters (lactones) is 1. The van der Waals surface area contributed by atoms with Crippen LogP contribution in [0.2, 0.25) is 0 Å². The van der Waals surface area contributed by atoms with Crippen molar-refractivity contribution in [3.63, 3.8) is 0 Å². The Morgan fingerprint density at radius 2 is 1.71 bits per heavy atom. The van der Waals surface area contributed by atoms with Gasteiger partial charge in [-0.15, -0.1) is 0 Å². The molecule has 0 radical (unpaired) electrons. The second kappa shape index (κ2) is 11.9. The fraction of sp³-hybridized carbons (Fsp3) is 0.517. The smallest absolute Gasteiger partial charge is 0.310 e. The van der Waals surface area contributed by atoms with E-state index in [1.807, 2.05) is 12.1 Å². The number of hydrogen-bond acceptors (Lipinski definition) is 13. The Balaban J connectivity index is 1.44. The summed E-state index contributed by atoms with van der Waals surface area (Å²) in [7, 11) is 2.88. The number of aliphatic hydroxyl groups excluding tert-OH is 2. The number of methoxy groups -OCH3 is 2. The zero-order chi connectivity index (χ0) is 29.4. The molecule has 6 rings (SSSR count). The van der Waals surface area contributed by atoms with Crippen LogP contribution in [0.15, 0.2) is 24.3 Å². The highest BCUT2D eigenvalue weighted by Gasteiger charge is 2.54. The van der Waals surface area contributed by atoms with Gasteiger partial charge in [0.1, 0.15) is 6.79 Å². The summed E-state index contributed by atoms with van der Waals surface area (Å²) in [5.41, 5.74) is 2.16. The molecule has 7 atom stereocenters. The second-order valence-electron chi connectivity index (χ2n) is 10.5. The van der Waals surface area contributed by atoms with E-state index in [0.717, 1.165) is 11.1 Å². The molecule has 3 aliphatic heterocycles. The van der Waals surface area contributed by atoms with Gasteiger partial charge in [0.05, 0.1) is 51.7 Å². The molecule has 13 heteroatoms. The third kappa shape index (κ3) is 5.11. The first kappa shape index (κ1) is 28.5. The van der Waals surface area contributed by atoms with E-state index in [1.54, 1.807) is 12.1 Å². The van der Waals surface area contributed by atoms with Crippen LogP contribution in [0.3, 0.4) is 0 Å². The molecule has 2 aromatic rings. The van der Waals surface area contributed by atoms with E-state index in [-0.39, 0.29) is 50.1 Å². The summed E-state index contributed by atoms with van der Waals surface area (Å²) in [5, 5.41) is 19.6. The van der Waals surface area contributed by atoms with Crippen molar-refractivity contribution < 1.29 is 62.4 Å². The van der Waals surface area contributed by atoms with Gasteiger partial charge in [-0.2, -0.15) is 0 Å². The summed E-state index contributed by atoms with van der Waals surface area (Å²) in [5.74, 6) is -0.356. The van der Waals surface area contributed by atoms with E-state index in [9.17, 15) is 14.7 Å². The third-order valence-corrected chi connectivity index (χ3v) is 8.16. The Bertz CT molecular complexity index is 1300. The van der Waals surface area contributed by atoms with Crippen molar-refractivity contribution in [2.45, 2.75) is 43.4 Å². The summed E-state index contributed by atoms with van der Waals surface area (Å²) in [6.07, 6.45) is -2.09. The van der Waals surface area contributed by atoms with Crippen LogP contribution in [-0.2, 0) is 28.5 Å². The molecule has 1 aliphatic carbocycles. The van der Waals surface area contributed by atoms with Crippen molar-refractivity contribution in [2.75, 3.05) is 41.0 Å². The average molecular weight is 589 g/mol. The number of fused-ring (bicyclic) bond motifs is 3. The first-order valence-electron chi connectivity index (χ1n) is 13.6. The van der Waals surface area contributed by atoms with Gasteiger partial charge >= 0.3 is 5.97 Å². The van der Waals surface area contributed by atoms with E-state index < -0.39 is 55.1 Å². The Hall–Kier alpha value is -3.62. The predicted molar refractivity (Wildman–Crippen MR) is 139 cm³/mol. The molecule has 4 aliphatic rings. The van der Waals surface area contributed by atoms with Crippen molar-refractivity contribution in [1.29, 1.82) is 0 Å². The molecule has 2 aromatic carbocycles. The average Bonchev–Trinajstić information content (AvgIpc) is 3.61. The lowest BCUT2D eigenvalue weighted by Gasteiger charge is -2.42. The van der Waals surface area contributed by atoms with E-state index in [2.05, 4.69) is 0 Å². The minimum absolute atomic E-state index is 0.0488. The maximum absolute atomic E-state index is 13.4. The lowest BCUT2D eigenvalue weighted by Crippen LogP contribution is -2.43. The van der Waals surface area contributed by atoms with Crippen molar-refractivity contribution in [3.8, 4) is 28.7 Å². The molecule has 226 valence electrons. The fourth-order valence-electron chi connectivity index (χ4n) is 6.42. The van der Waals surface area contributed by atoms with E-state index in [0.29, 0.717) is 23.5 Å². The Morgan fingerprint density at radius 1 is 1.00 bits per heavy atom. The lowest BCUT2D eigenvalue weighted by molar-refractivity contribution is -0.254. The highest BCUT2D eigenvalue weighted by molar-refractivity contribution is 5.79. The van der Waals surface area contributed by atoms with Gasteiger partial charge in [0.15, 0.2) is 29.3 Å². The summed E-state index contributed by atoms with van der Waals surface area (Å²) >= 11 is 0. The summed E-state index contributed by atoms with van der Waals surface area (Å²) in [6, 6.07) is 7.09. The second-order valence-corrected chi connectivity index (χ2v) is 10.5. The molecule has 0 spiro atoms. The monoisotopic (exact) mass is 588 g/mol. The highest BCUT2D eigenvalue weighted by Crippen LogP contribution is 2.57. The molecular formula is C29H32O13. The minimum Gasteiger partial charge on any atom is -0.493 e. The number of ether oxygens (including phenoxy) is 9. The van der Waals surface area contributed by atoms with Crippen molar-refractivity contribution in [2.24, 2.45) is 11.8 Å². The zero-order valence-electron chi connectivity index (χ0n) is 23.1. The first-order valence-corrected chi connectivity index (χ1v) is 13.6. The Labute approximate surface area is 241 Å². The number of esters is 1. The van der Waals surface area contributed by atoms with Crippen LogP contribution in [0.4, 0.5) is 0 Å². The van der Waals surface area contributed by atoms with Gasteiger partial charge in [-0.1, -0.05) is 0 Å². The summed E-state index contributed by atoms with van der Waals surface area (Å²) < 4.78 is 50.9. The minimum atomic E-state index is -0.808. The molecule has 13 nitrogen and oxygen atoms in total. The van der Waals surface area contributed by atoms with Crippen LogP contribution >= 0.6 is 0 Å². The van der Waals surface area contributed by atoms with Crippen LogP contribution in [0, 0.1) is 11.8 Å². The van der Waals surface area contributed by atoms with E-state index >= 15 is 0 Å². The van der Waals surface area contributed by atoms with Gasteiger partial charge in [0.25, 0.3) is 6.47 Å². The van der Waals surface area contributed by atoms with Crippen molar-refractivity contribution >= 4 is 12.4 Å². The molecule has 0 bridgehead atoms. The van der Waals surface area contributed by atoms with E-state index in [1.165, 1.54) is 14.2 Å². The molecule has 2 saturated heterocycles. The molecule has 42 heavy (non-hydrogen) atoms. The van der Waals surface area contributed by atoms with Crippen LogP contribution in [0.5, 0.6) is 28.7 Å². The molecule has 7 unspecified atom stereocenters. The Morgan fingerprint density at radius 3 is 2.38 bits per heavy atom. The van der Waals surface area contributed by atoms with Crippen LogP contribution in [-0.4, -0.2) is 82.2 Å². The summed E-state index contributed by atoms with van der Waals surface area (Å²) in [6.45, 7) is 0.0654. The largest absolute Gasteiger partial charge is 0.493 e. The number of benzene rings is 2. The predicted octanol–water partition coefficient (Wildman–Crippen LogP) is 1.79. The maximum atomic E-state index is 13.4. The molecular weight excluding hydrogens is 556 g/mol. The maximum Gasteiger partial charge on any atom is 0.310 e. The number of rotatable bonds is 10. The lowest BCUT2D eigenvalue weighted by atomic mass is 9.66. The molecule has 2 N–H and O–H groups in total. The van der Waals surface area contributed by atoms with Crippen molar-refractivity contribution in [1.82, 2.24) is 0 Å². The van der Waals surface area contributed by atoms with Gasteiger partial charge < -0.3 is 52.8 Å². The quantitative estimate of drug-likeness (QED) is 0.235. The SMILES string of the molecule is COc1cc(C2c3cc4c(cc3C(OC3CC(O)CC(COCO)O3)C3COC(=O)C23)OCO4)cc(OC)c1OC=O. The molecule has 3 heterocycles. The van der Waals surface area contributed by atoms with Gasteiger partial charge in [-0.05, 0) is 41.0 Å². The highest BCUT2D eigenvalue weighted by atomic mass is 16.7. The van der Waals surface area contributed by atoms with Crippen LogP contribution in [0.1, 0.15) is 41.6 Å². The molecule has 0 amide bonds. The number of aliphatic hydroxyl groups is 2. The van der Waals surface area contributed by atoms with Gasteiger partial charge in [0, 0.05) is 24.7 Å². The van der Waals surface area contributed by atoms with Gasteiger partial charge in [0.2, 0.25) is 12.5 Å². The molecule has 0 saturated carbocycles. The standard InChI is InChI=1S/C29H32O13/c1-34-22-3-14(4-23(35-2)28(22)38-12-31)25-17-7-20-21(40-13-39-20)8-18(17)27(19-10-37-29(33)26(19)25)42-24-6-15(32)5-16(41-24)9-36-11-30/h3-4,7-8,12,15-16,19,24-27,30,32H,5-6,9-11,13H2,1-2H3.